The first-order chi connectivity index (χ1) is 16.3. The minimum Gasteiger partial charge on any atom is -0.495 e. The number of hydrogen-bond acceptors (Lipinski definition) is 10. The zero-order chi connectivity index (χ0) is 24.7. The minimum atomic E-state index is 0.427. The number of benzene rings is 2. The van der Waals surface area contributed by atoms with Crippen molar-refractivity contribution < 1.29 is 9.47 Å². The van der Waals surface area contributed by atoms with E-state index in [0.29, 0.717) is 45.8 Å². The molecule has 0 amide bonds. The molecule has 0 aliphatic heterocycles. The van der Waals surface area contributed by atoms with Crippen molar-refractivity contribution in [3.8, 4) is 17.6 Å². The lowest BCUT2D eigenvalue weighted by Crippen LogP contribution is -2.29. The van der Waals surface area contributed by atoms with Crippen LogP contribution in [0, 0.1) is 11.3 Å². The summed E-state index contributed by atoms with van der Waals surface area (Å²) in [5, 5.41) is 15.7. The fraction of sp³-hybridized carbons (Fsp3) is 0.292. The van der Waals surface area contributed by atoms with Crippen LogP contribution < -0.4 is 30.7 Å². The molecule has 0 aliphatic rings. The van der Waals surface area contributed by atoms with E-state index in [2.05, 4.69) is 36.5 Å². The Kier molecular flexibility index (Phi) is 7.95. The Hall–Kier alpha value is -4.23. The number of rotatable bonds is 10. The number of nitrogen functional groups attached to an aromatic ring is 1. The van der Waals surface area contributed by atoms with Gasteiger partial charge in [-0.3, -0.25) is 0 Å². The lowest BCUT2D eigenvalue weighted by atomic mass is 10.2. The molecule has 10 nitrogen and oxygen atoms in total. The van der Waals surface area contributed by atoms with Crippen LogP contribution in [0.1, 0.15) is 5.56 Å². The number of nitrogens with two attached hydrogens (primary N) is 1. The molecule has 0 saturated heterocycles. The third-order valence-electron chi connectivity index (χ3n) is 5.16. The zero-order valence-corrected chi connectivity index (χ0v) is 20.1. The Morgan fingerprint density at radius 1 is 0.941 bits per heavy atom. The van der Waals surface area contributed by atoms with Gasteiger partial charge in [-0.25, -0.2) is 9.97 Å². The van der Waals surface area contributed by atoms with Gasteiger partial charge in [-0.2, -0.15) is 5.26 Å². The van der Waals surface area contributed by atoms with Gasteiger partial charge >= 0.3 is 0 Å². The summed E-state index contributed by atoms with van der Waals surface area (Å²) in [5.74, 6) is 2.26. The summed E-state index contributed by atoms with van der Waals surface area (Å²) in [7, 11) is 9.21. The molecule has 0 aliphatic carbocycles. The highest BCUT2D eigenvalue weighted by molar-refractivity contribution is 5.79. The second kappa shape index (κ2) is 11.1. The van der Waals surface area contributed by atoms with Gasteiger partial charge in [-0.1, -0.05) is 0 Å². The van der Waals surface area contributed by atoms with Gasteiger partial charge in [-0.05, 0) is 38.4 Å². The third-order valence-corrected chi connectivity index (χ3v) is 5.16. The van der Waals surface area contributed by atoms with Crippen LogP contribution in [0.2, 0.25) is 0 Å². The van der Waals surface area contributed by atoms with Crippen molar-refractivity contribution >= 4 is 34.4 Å². The van der Waals surface area contributed by atoms with E-state index >= 15 is 0 Å². The van der Waals surface area contributed by atoms with E-state index < -0.39 is 0 Å². The topological polar surface area (TPSA) is 125 Å². The first-order valence-electron chi connectivity index (χ1n) is 10.6. The molecule has 0 radical (unpaired) electrons. The molecule has 0 spiro atoms. The Morgan fingerprint density at radius 3 is 2.29 bits per heavy atom. The van der Waals surface area contributed by atoms with Crippen molar-refractivity contribution in [3.63, 3.8) is 0 Å². The lowest BCUT2D eigenvalue weighted by molar-refractivity contribution is 0.413. The maximum Gasteiger partial charge on any atom is 0.144 e. The van der Waals surface area contributed by atoms with Gasteiger partial charge < -0.3 is 35.6 Å². The van der Waals surface area contributed by atoms with Crippen molar-refractivity contribution in [2.24, 2.45) is 0 Å². The van der Waals surface area contributed by atoms with Crippen LogP contribution in [0.15, 0.2) is 42.7 Å². The van der Waals surface area contributed by atoms with Crippen molar-refractivity contribution in [3.05, 3.63) is 48.3 Å². The largest absolute Gasteiger partial charge is 0.495 e. The molecule has 1 aromatic heterocycles. The highest BCUT2D eigenvalue weighted by Crippen LogP contribution is 2.36. The fourth-order valence-corrected chi connectivity index (χ4v) is 3.31. The summed E-state index contributed by atoms with van der Waals surface area (Å²) in [6.07, 6.45) is 1.44. The smallest absolute Gasteiger partial charge is 0.144 e. The molecule has 0 unspecified atom stereocenters. The van der Waals surface area contributed by atoms with Crippen LogP contribution in [0.5, 0.6) is 11.5 Å². The number of hydrogen-bond donors (Lipinski definition) is 3. The summed E-state index contributed by atoms with van der Waals surface area (Å²) >= 11 is 0. The van der Waals surface area contributed by atoms with Crippen molar-refractivity contribution in [1.82, 2.24) is 14.9 Å². The summed E-state index contributed by atoms with van der Waals surface area (Å²) in [6.45, 7) is 1.73. The maximum atomic E-state index is 9.31. The second-order valence-corrected chi connectivity index (χ2v) is 7.90. The maximum absolute atomic E-state index is 9.31. The van der Waals surface area contributed by atoms with E-state index in [0.717, 1.165) is 18.8 Å². The van der Waals surface area contributed by atoms with Gasteiger partial charge in [0.15, 0.2) is 0 Å². The molecule has 3 rings (SSSR count). The number of likely N-dealkylation sites (N-methyl/N-ethyl adjacent to an activating group) is 2. The van der Waals surface area contributed by atoms with Gasteiger partial charge in [0.25, 0.3) is 0 Å². The average Bonchev–Trinajstić information content (AvgIpc) is 2.82. The second-order valence-electron chi connectivity index (χ2n) is 7.90. The summed E-state index contributed by atoms with van der Waals surface area (Å²) < 4.78 is 10.8. The number of methoxy groups -OCH3 is 2. The predicted octanol–water partition coefficient (Wildman–Crippen LogP) is 3.43. The molecule has 178 valence electrons. The van der Waals surface area contributed by atoms with Crippen LogP contribution in [0.25, 0.3) is 0 Å². The van der Waals surface area contributed by atoms with Gasteiger partial charge in [0.1, 0.15) is 35.5 Å². The molecule has 1 heterocycles. The Bertz CT molecular complexity index is 1180. The number of anilines is 6. The highest BCUT2D eigenvalue weighted by atomic mass is 16.5. The molecule has 2 aromatic carbocycles. The predicted molar refractivity (Wildman–Crippen MR) is 136 cm³/mol. The Balaban J connectivity index is 1.80. The Labute approximate surface area is 199 Å². The fourth-order valence-electron chi connectivity index (χ4n) is 3.31. The number of nitriles is 1. The van der Waals surface area contributed by atoms with Gasteiger partial charge in [0.2, 0.25) is 0 Å². The van der Waals surface area contributed by atoms with Crippen molar-refractivity contribution in [2.75, 3.05) is 69.7 Å². The monoisotopic (exact) mass is 462 g/mol. The van der Waals surface area contributed by atoms with E-state index in [-0.39, 0.29) is 0 Å². The standard InChI is InChI=1S/C24H30N8O2/c1-31(2)8-9-32(3)20-12-22(34-5)19(11-18(20)26)30-24-13-23(27-15-28-24)29-17-6-7-21(33-4)16(10-17)14-25/h6-7,10-13,15H,8-9,26H2,1-5H3,(H2,27,28,29,30). The molecule has 10 heteroatoms. The third kappa shape index (κ3) is 5.96. The van der Waals surface area contributed by atoms with Gasteiger partial charge in [0.05, 0.1) is 36.8 Å². The first-order valence-corrected chi connectivity index (χ1v) is 10.6. The molecular weight excluding hydrogens is 432 g/mol. The minimum absolute atomic E-state index is 0.427. The van der Waals surface area contributed by atoms with Crippen LogP contribution >= 0.6 is 0 Å². The quantitative estimate of drug-likeness (QED) is 0.386. The number of aromatic nitrogens is 2. The number of ether oxygens (including phenoxy) is 2. The van der Waals surface area contributed by atoms with Crippen LogP contribution in [-0.4, -0.2) is 63.3 Å². The molecule has 3 aromatic rings. The SMILES string of the molecule is COc1ccc(Nc2cc(Nc3cc(N)c(N(C)CCN(C)C)cc3OC)ncn2)cc1C#N. The van der Waals surface area contributed by atoms with Gasteiger partial charge in [0, 0.05) is 38.0 Å². The number of nitrogens with zero attached hydrogens (tertiary/aromatic N) is 5. The number of nitrogens with one attached hydrogen (secondary N) is 2. The highest BCUT2D eigenvalue weighted by Gasteiger charge is 2.13. The summed E-state index contributed by atoms with van der Waals surface area (Å²) in [4.78, 5) is 12.8. The van der Waals surface area contributed by atoms with E-state index in [4.69, 9.17) is 15.2 Å². The molecule has 0 atom stereocenters. The molecule has 4 N–H and O–H groups in total. The summed E-state index contributed by atoms with van der Waals surface area (Å²) in [6, 6.07) is 12.9. The molecular formula is C24H30N8O2. The zero-order valence-electron chi connectivity index (χ0n) is 20.1. The average molecular weight is 463 g/mol. The van der Waals surface area contributed by atoms with Crippen LogP contribution in [-0.2, 0) is 0 Å². The lowest BCUT2D eigenvalue weighted by Gasteiger charge is -2.24. The first kappa shape index (κ1) is 24.4. The Morgan fingerprint density at radius 2 is 1.65 bits per heavy atom. The molecule has 34 heavy (non-hydrogen) atoms. The normalized spacial score (nSPS) is 10.5. The van der Waals surface area contributed by atoms with E-state index in [1.165, 1.54) is 13.4 Å². The van der Waals surface area contributed by atoms with Gasteiger partial charge in [-0.15, -0.1) is 0 Å². The van der Waals surface area contributed by atoms with Crippen molar-refractivity contribution in [1.29, 1.82) is 5.26 Å². The molecule has 0 saturated carbocycles. The van der Waals surface area contributed by atoms with Crippen molar-refractivity contribution in [2.45, 2.75) is 0 Å². The van der Waals surface area contributed by atoms with Crippen LogP contribution in [0.4, 0.5) is 34.4 Å². The summed E-state index contributed by atoms with van der Waals surface area (Å²) in [5.41, 5.74) is 9.69. The van der Waals surface area contributed by atoms with E-state index in [1.807, 2.05) is 39.3 Å². The molecule has 0 fully saturated rings. The van der Waals surface area contributed by atoms with E-state index in [1.54, 1.807) is 25.3 Å². The van der Waals surface area contributed by atoms with E-state index in [9.17, 15) is 5.26 Å². The molecule has 0 bridgehead atoms. The van der Waals surface area contributed by atoms with Crippen LogP contribution in [0.3, 0.4) is 0 Å².